The summed E-state index contributed by atoms with van der Waals surface area (Å²) in [6, 6.07) is 0. The molecular weight excluding hydrogens is 389 g/mol. The van der Waals surface area contributed by atoms with Crippen LogP contribution in [0.25, 0.3) is 0 Å². The van der Waals surface area contributed by atoms with Crippen LogP contribution in [0, 0.1) is 5.41 Å². The largest absolute Gasteiger partial charge is 0.378 e. The summed E-state index contributed by atoms with van der Waals surface area (Å²) in [5.41, 5.74) is -9.43. The Bertz CT molecular complexity index is 494. The van der Waals surface area contributed by atoms with E-state index in [9.17, 15) is 49.0 Å². The van der Waals surface area contributed by atoms with Gasteiger partial charge in [-0.25, -0.2) is 13.2 Å². The van der Waals surface area contributed by atoms with Crippen LogP contribution < -0.4 is 0 Å². The third kappa shape index (κ3) is 2.43. The quantitative estimate of drug-likeness (QED) is 0.634. The molecular formula is C11H13F11O3. The number of aliphatic hydroxyl groups is 3. The monoisotopic (exact) mass is 402 g/mol. The summed E-state index contributed by atoms with van der Waals surface area (Å²) < 4.78 is 135. The molecule has 3 atom stereocenters. The van der Waals surface area contributed by atoms with Gasteiger partial charge >= 0.3 is 17.7 Å². The molecule has 0 aliphatic heterocycles. The van der Waals surface area contributed by atoms with Gasteiger partial charge in [0.25, 0.3) is 11.8 Å². The fourth-order valence-electron chi connectivity index (χ4n) is 2.30. The lowest BCUT2D eigenvalue weighted by Gasteiger charge is -2.56. The first-order valence-corrected chi connectivity index (χ1v) is 6.13. The van der Waals surface area contributed by atoms with E-state index in [1.807, 2.05) is 0 Å². The predicted molar refractivity (Wildman–Crippen MR) is 59.1 cm³/mol. The van der Waals surface area contributed by atoms with Crippen LogP contribution in [0.4, 0.5) is 48.6 Å². The molecule has 0 aromatic rings. The molecule has 0 amide bonds. The minimum atomic E-state index is -6.53. The topological polar surface area (TPSA) is 60.7 Å². The minimum Gasteiger partial charge on any atom is -0.378 e. The van der Waals surface area contributed by atoms with Crippen molar-refractivity contribution in [3.63, 3.8) is 0 Å². The lowest BCUT2D eigenvalue weighted by atomic mass is 9.64. The maximum Gasteiger partial charge on any atom is 0.368 e. The average molecular weight is 402 g/mol. The first-order chi connectivity index (χ1) is 10.3. The van der Waals surface area contributed by atoms with Gasteiger partial charge in [0.2, 0.25) is 5.60 Å². The van der Waals surface area contributed by atoms with Gasteiger partial charge in [-0.1, -0.05) is 0 Å². The van der Waals surface area contributed by atoms with Gasteiger partial charge in [0.15, 0.2) is 0 Å². The van der Waals surface area contributed by atoms with Crippen molar-refractivity contribution < 1.29 is 63.9 Å². The molecule has 3 unspecified atom stereocenters. The molecule has 1 rings (SSSR count). The van der Waals surface area contributed by atoms with E-state index in [1.54, 1.807) is 0 Å². The first kappa shape index (κ1) is 24.1. The van der Waals surface area contributed by atoms with Gasteiger partial charge in [-0.2, -0.15) is 22.0 Å². The van der Waals surface area contributed by atoms with Crippen molar-refractivity contribution in [3.05, 3.63) is 0 Å². The van der Waals surface area contributed by atoms with Crippen molar-refractivity contribution in [2.24, 2.45) is 5.41 Å². The Hall–Kier alpha value is -0.890. The second-order valence-corrected chi connectivity index (χ2v) is 5.97. The van der Waals surface area contributed by atoms with E-state index in [1.165, 1.54) is 0 Å². The van der Waals surface area contributed by atoms with Crippen molar-refractivity contribution >= 4 is 0 Å². The van der Waals surface area contributed by atoms with E-state index in [0.29, 0.717) is 0 Å². The van der Waals surface area contributed by atoms with E-state index in [2.05, 4.69) is 0 Å². The second-order valence-electron chi connectivity index (χ2n) is 5.97. The van der Waals surface area contributed by atoms with Crippen LogP contribution >= 0.6 is 0 Å². The van der Waals surface area contributed by atoms with Crippen LogP contribution in [0.1, 0.15) is 13.3 Å². The first-order valence-electron chi connectivity index (χ1n) is 6.13. The standard InChI is InChI=1S/C11H12F10O3.FH/c1-5(3-12,4-13)8(15,16)6(22)2-7(14,23)10(19,20)11(21,24)9(6,17)18;/h22-24H,2-4H2,1H3;1H. The van der Waals surface area contributed by atoms with Gasteiger partial charge in [-0.05, 0) is 6.92 Å². The van der Waals surface area contributed by atoms with E-state index in [4.69, 9.17) is 10.2 Å². The molecule has 0 spiro atoms. The SMILES string of the molecule is CC(CF)(CF)C(F)(F)C1(O)CC(O)(F)C(F)(F)C(O)(F)C1(F)F.F. The zero-order valence-corrected chi connectivity index (χ0v) is 12.2. The molecule has 0 heterocycles. The number of rotatable bonds is 4. The lowest BCUT2D eigenvalue weighted by molar-refractivity contribution is -0.490. The Kier molecular flexibility index (Phi) is 5.60. The zero-order chi connectivity index (χ0) is 19.6. The Morgan fingerprint density at radius 1 is 0.840 bits per heavy atom. The second kappa shape index (κ2) is 5.81. The summed E-state index contributed by atoms with van der Waals surface area (Å²) in [4.78, 5) is 0. The van der Waals surface area contributed by atoms with Gasteiger partial charge in [-0.3, -0.25) is 13.5 Å². The molecule has 3 N–H and O–H groups in total. The van der Waals surface area contributed by atoms with Crippen molar-refractivity contribution in [1.82, 2.24) is 0 Å². The molecule has 0 radical (unpaired) electrons. The van der Waals surface area contributed by atoms with Gasteiger partial charge in [-0.15, -0.1) is 0 Å². The fraction of sp³-hybridized carbons (Fsp3) is 1.00. The molecule has 0 saturated heterocycles. The van der Waals surface area contributed by atoms with Gasteiger partial charge in [0, 0.05) is 0 Å². The van der Waals surface area contributed by atoms with Crippen LogP contribution in [0.3, 0.4) is 0 Å². The predicted octanol–water partition coefficient (Wildman–Crippen LogP) is 2.44. The smallest absolute Gasteiger partial charge is 0.368 e. The molecule has 152 valence electrons. The molecule has 1 aliphatic rings. The Balaban J connectivity index is 0.00000576. The molecule has 0 bridgehead atoms. The zero-order valence-electron chi connectivity index (χ0n) is 12.2. The fourth-order valence-corrected chi connectivity index (χ4v) is 2.30. The summed E-state index contributed by atoms with van der Waals surface area (Å²) in [5, 5.41) is 26.8. The maximum atomic E-state index is 14.2. The Morgan fingerprint density at radius 2 is 1.20 bits per heavy atom. The van der Waals surface area contributed by atoms with Crippen molar-refractivity contribution in [3.8, 4) is 0 Å². The maximum absolute atomic E-state index is 14.2. The number of hydrogen-bond donors (Lipinski definition) is 3. The minimum absolute atomic E-state index is 0. The third-order valence-corrected chi connectivity index (χ3v) is 4.19. The van der Waals surface area contributed by atoms with Crippen molar-refractivity contribution in [1.29, 1.82) is 0 Å². The molecule has 25 heavy (non-hydrogen) atoms. The van der Waals surface area contributed by atoms with Gasteiger partial charge < -0.3 is 15.3 Å². The molecule has 0 aromatic heterocycles. The number of alkyl halides is 10. The highest BCUT2D eigenvalue weighted by atomic mass is 19.3. The van der Waals surface area contributed by atoms with Crippen LogP contribution in [0.15, 0.2) is 0 Å². The summed E-state index contributed by atoms with van der Waals surface area (Å²) in [7, 11) is 0. The van der Waals surface area contributed by atoms with Crippen LogP contribution in [-0.4, -0.2) is 63.7 Å². The Morgan fingerprint density at radius 3 is 1.52 bits per heavy atom. The molecule has 1 aliphatic carbocycles. The van der Waals surface area contributed by atoms with Gasteiger partial charge in [0.1, 0.15) is 13.3 Å². The van der Waals surface area contributed by atoms with Crippen LogP contribution in [0.2, 0.25) is 0 Å². The average Bonchev–Trinajstić information content (AvgIpc) is 2.43. The summed E-state index contributed by atoms with van der Waals surface area (Å²) in [6.45, 7) is -4.97. The lowest BCUT2D eigenvalue weighted by Crippen LogP contribution is -2.83. The Labute approximate surface area is 132 Å². The molecule has 1 fully saturated rings. The van der Waals surface area contributed by atoms with Crippen LogP contribution in [0.5, 0.6) is 0 Å². The van der Waals surface area contributed by atoms with Crippen LogP contribution in [-0.2, 0) is 0 Å². The highest BCUT2D eigenvalue weighted by molar-refractivity contribution is 5.23. The normalized spacial score (nSPS) is 38.2. The number of hydrogen-bond acceptors (Lipinski definition) is 3. The van der Waals surface area contributed by atoms with Crippen molar-refractivity contribution in [2.75, 3.05) is 13.3 Å². The summed E-state index contributed by atoms with van der Waals surface area (Å²) in [5.74, 6) is -30.8. The van der Waals surface area contributed by atoms with E-state index < -0.39 is 60.3 Å². The summed E-state index contributed by atoms with van der Waals surface area (Å²) in [6.07, 6.45) is -3.24. The van der Waals surface area contributed by atoms with Crippen molar-refractivity contribution in [2.45, 2.75) is 48.4 Å². The molecule has 0 aromatic carbocycles. The molecule has 1 saturated carbocycles. The molecule has 3 nitrogen and oxygen atoms in total. The highest BCUT2D eigenvalue weighted by Crippen LogP contribution is 2.65. The third-order valence-electron chi connectivity index (χ3n) is 4.19. The summed E-state index contributed by atoms with van der Waals surface area (Å²) >= 11 is 0. The van der Waals surface area contributed by atoms with E-state index >= 15 is 0 Å². The highest BCUT2D eigenvalue weighted by Gasteiger charge is 2.93. The number of halogens is 11. The van der Waals surface area contributed by atoms with E-state index in [0.717, 1.165) is 0 Å². The van der Waals surface area contributed by atoms with E-state index in [-0.39, 0.29) is 11.6 Å². The molecule has 14 heteroatoms. The van der Waals surface area contributed by atoms with Gasteiger partial charge in [0.05, 0.1) is 11.8 Å².